The molecule has 7 nitrogen and oxygen atoms in total. The van der Waals surface area contributed by atoms with Gasteiger partial charge >= 0.3 is 17.6 Å². The molecule has 0 saturated carbocycles. The van der Waals surface area contributed by atoms with Gasteiger partial charge in [0.2, 0.25) is 0 Å². The first-order chi connectivity index (χ1) is 16.3. The smallest absolute Gasteiger partial charge is 0.340 e. The molecule has 180 valence electrons. The summed E-state index contributed by atoms with van der Waals surface area (Å²) >= 11 is 0. The lowest BCUT2D eigenvalue weighted by Gasteiger charge is -2.16. The molecule has 0 radical (unpaired) electrons. The summed E-state index contributed by atoms with van der Waals surface area (Å²) in [6, 6.07) is 13.2. The fourth-order valence-electron chi connectivity index (χ4n) is 4.18. The Balaban J connectivity index is 1.93. The van der Waals surface area contributed by atoms with Crippen LogP contribution in [-0.4, -0.2) is 28.8 Å². The van der Waals surface area contributed by atoms with Crippen LogP contribution in [0.15, 0.2) is 51.7 Å². The molecular weight excluding hydrogens is 436 g/mol. The number of hydrogen-bond donors (Lipinski definition) is 2. The van der Waals surface area contributed by atoms with E-state index in [9.17, 15) is 19.5 Å². The zero-order valence-corrected chi connectivity index (χ0v) is 19.5. The Bertz CT molecular complexity index is 1210. The first kappa shape index (κ1) is 25.0. The summed E-state index contributed by atoms with van der Waals surface area (Å²) in [4.78, 5) is 36.4. The lowest BCUT2D eigenvalue weighted by Crippen LogP contribution is -2.18. The monoisotopic (exact) mass is 466 g/mol. The average molecular weight is 467 g/mol. The van der Waals surface area contributed by atoms with E-state index in [1.807, 2.05) is 25.1 Å². The van der Waals surface area contributed by atoms with Gasteiger partial charge in [-0.3, -0.25) is 4.79 Å². The number of carbonyl (C=O) groups is 2. The molecule has 7 heteroatoms. The van der Waals surface area contributed by atoms with E-state index in [-0.39, 0.29) is 59.6 Å². The zero-order chi connectivity index (χ0) is 24.7. The van der Waals surface area contributed by atoms with Gasteiger partial charge in [0, 0.05) is 17.4 Å². The molecule has 3 rings (SSSR count). The number of phenols is 1. The first-order valence-electron chi connectivity index (χ1n) is 11.6. The first-order valence-corrected chi connectivity index (χ1v) is 11.6. The molecule has 1 heterocycles. The topological polar surface area (TPSA) is 114 Å². The Hall–Kier alpha value is -3.61. The van der Waals surface area contributed by atoms with Crippen LogP contribution in [0.5, 0.6) is 5.75 Å². The molecule has 2 N–H and O–H groups in total. The summed E-state index contributed by atoms with van der Waals surface area (Å²) in [5.74, 6) is -1.68. The van der Waals surface area contributed by atoms with Gasteiger partial charge in [-0.15, -0.1) is 0 Å². The largest absolute Gasteiger partial charge is 0.508 e. The maximum Gasteiger partial charge on any atom is 0.340 e. The summed E-state index contributed by atoms with van der Waals surface area (Å²) in [6.45, 7) is 3.76. The highest BCUT2D eigenvalue weighted by Gasteiger charge is 2.24. The Labute approximate surface area is 198 Å². The van der Waals surface area contributed by atoms with Crippen molar-refractivity contribution in [2.24, 2.45) is 0 Å². The number of carbonyl (C=O) groups excluding carboxylic acids is 1. The van der Waals surface area contributed by atoms with Crippen LogP contribution in [0.4, 0.5) is 0 Å². The van der Waals surface area contributed by atoms with E-state index in [0.29, 0.717) is 5.56 Å². The van der Waals surface area contributed by atoms with Gasteiger partial charge in [-0.2, -0.15) is 0 Å². The Morgan fingerprint density at radius 2 is 1.82 bits per heavy atom. The van der Waals surface area contributed by atoms with Crippen molar-refractivity contribution in [1.29, 1.82) is 0 Å². The highest BCUT2D eigenvalue weighted by Crippen LogP contribution is 2.35. The van der Waals surface area contributed by atoms with Crippen LogP contribution in [0, 0.1) is 0 Å². The van der Waals surface area contributed by atoms with E-state index in [1.54, 1.807) is 13.0 Å². The number of aromatic hydroxyl groups is 1. The lowest BCUT2D eigenvalue weighted by atomic mass is 9.91. The van der Waals surface area contributed by atoms with Crippen LogP contribution in [0.2, 0.25) is 0 Å². The number of fused-ring (bicyclic) bond motifs is 1. The maximum atomic E-state index is 12.7. The molecule has 1 unspecified atom stereocenters. The van der Waals surface area contributed by atoms with Crippen LogP contribution >= 0.6 is 0 Å². The standard InChI is InChI=1S/C27H30O7/c1-3-33-27(32)25-19(13-8-14-24(29)30)26(31)34-23-16-20(22(28)15-21(23)25)17(2)9-7-12-18-10-5-4-6-11-18/h4-6,10-11,15-17,28H,3,7-9,12-14H2,1-2H3,(H,29,30). The molecule has 0 aliphatic carbocycles. The Morgan fingerprint density at radius 1 is 1.09 bits per heavy atom. The minimum Gasteiger partial charge on any atom is -0.508 e. The zero-order valence-electron chi connectivity index (χ0n) is 19.5. The van der Waals surface area contributed by atoms with Crippen molar-refractivity contribution in [3.05, 3.63) is 75.1 Å². The van der Waals surface area contributed by atoms with Crippen LogP contribution in [0.3, 0.4) is 0 Å². The highest BCUT2D eigenvalue weighted by atomic mass is 16.5. The van der Waals surface area contributed by atoms with Gasteiger partial charge in [0.1, 0.15) is 11.3 Å². The van der Waals surface area contributed by atoms with E-state index in [0.717, 1.165) is 19.3 Å². The molecule has 0 aliphatic rings. The second-order valence-corrected chi connectivity index (χ2v) is 8.40. The number of ether oxygens (including phenoxy) is 1. The number of benzene rings is 2. The molecule has 2 aromatic carbocycles. The predicted molar refractivity (Wildman–Crippen MR) is 128 cm³/mol. The number of carboxylic acid groups (broad SMARTS) is 1. The second kappa shape index (κ2) is 11.5. The molecule has 1 atom stereocenters. The van der Waals surface area contributed by atoms with Crippen molar-refractivity contribution >= 4 is 22.9 Å². The van der Waals surface area contributed by atoms with Crippen molar-refractivity contribution in [1.82, 2.24) is 0 Å². The Kier molecular flexibility index (Phi) is 8.46. The normalized spacial score (nSPS) is 11.9. The molecular formula is C27H30O7. The SMILES string of the molecule is CCOC(=O)c1c(CCCC(=O)O)c(=O)oc2cc(C(C)CCCc3ccccc3)c(O)cc12. The van der Waals surface area contributed by atoms with Gasteiger partial charge in [0.25, 0.3) is 0 Å². The van der Waals surface area contributed by atoms with E-state index < -0.39 is 17.6 Å². The van der Waals surface area contributed by atoms with Crippen molar-refractivity contribution in [3.63, 3.8) is 0 Å². The van der Waals surface area contributed by atoms with Crippen molar-refractivity contribution in [2.75, 3.05) is 6.61 Å². The molecule has 0 bridgehead atoms. The van der Waals surface area contributed by atoms with Gasteiger partial charge < -0.3 is 19.4 Å². The highest BCUT2D eigenvalue weighted by molar-refractivity contribution is 6.04. The van der Waals surface area contributed by atoms with Crippen LogP contribution in [0.1, 0.15) is 72.5 Å². The summed E-state index contributed by atoms with van der Waals surface area (Å²) in [5, 5.41) is 20.0. The molecule has 0 amide bonds. The van der Waals surface area contributed by atoms with Gasteiger partial charge in [0.05, 0.1) is 17.7 Å². The van der Waals surface area contributed by atoms with E-state index in [2.05, 4.69) is 12.1 Å². The van der Waals surface area contributed by atoms with Crippen LogP contribution in [0.25, 0.3) is 11.0 Å². The van der Waals surface area contributed by atoms with Crippen molar-refractivity contribution < 1.29 is 29.0 Å². The van der Waals surface area contributed by atoms with Crippen LogP contribution in [-0.2, 0) is 22.4 Å². The fourth-order valence-corrected chi connectivity index (χ4v) is 4.18. The quantitative estimate of drug-likeness (QED) is 0.294. The number of aliphatic carboxylic acids is 1. The lowest BCUT2D eigenvalue weighted by molar-refractivity contribution is -0.137. The third-order valence-corrected chi connectivity index (χ3v) is 5.92. The maximum absolute atomic E-state index is 12.7. The second-order valence-electron chi connectivity index (χ2n) is 8.40. The molecule has 0 spiro atoms. The van der Waals surface area contributed by atoms with Crippen LogP contribution < -0.4 is 5.63 Å². The van der Waals surface area contributed by atoms with Gasteiger partial charge in [-0.25, -0.2) is 9.59 Å². The Morgan fingerprint density at radius 3 is 2.50 bits per heavy atom. The molecule has 0 saturated heterocycles. The summed E-state index contributed by atoms with van der Waals surface area (Å²) < 4.78 is 10.7. The number of esters is 1. The fraction of sp³-hybridized carbons (Fsp3) is 0.370. The van der Waals surface area contributed by atoms with Crippen molar-refractivity contribution in [3.8, 4) is 5.75 Å². The van der Waals surface area contributed by atoms with Gasteiger partial charge in [-0.05, 0) is 62.6 Å². The molecule has 1 aromatic heterocycles. The minimum absolute atomic E-state index is 0.000277. The number of aryl methyl sites for hydroxylation is 1. The third-order valence-electron chi connectivity index (χ3n) is 5.92. The van der Waals surface area contributed by atoms with Gasteiger partial charge in [0.15, 0.2) is 0 Å². The minimum atomic E-state index is -0.994. The average Bonchev–Trinajstić information content (AvgIpc) is 2.80. The number of hydrogen-bond acceptors (Lipinski definition) is 6. The third kappa shape index (κ3) is 6.04. The van der Waals surface area contributed by atoms with E-state index in [1.165, 1.54) is 11.6 Å². The predicted octanol–water partition coefficient (Wildman–Crippen LogP) is 5.21. The van der Waals surface area contributed by atoms with Gasteiger partial charge in [-0.1, -0.05) is 37.3 Å². The molecule has 0 fully saturated rings. The summed E-state index contributed by atoms with van der Waals surface area (Å²) in [6.07, 6.45) is 2.72. The van der Waals surface area contributed by atoms with E-state index in [4.69, 9.17) is 14.3 Å². The van der Waals surface area contributed by atoms with E-state index >= 15 is 0 Å². The number of rotatable bonds is 11. The number of carboxylic acids is 1. The summed E-state index contributed by atoms with van der Waals surface area (Å²) in [5.41, 5.74) is 1.47. The number of phenolic OH excluding ortho intramolecular Hbond substituents is 1. The summed E-state index contributed by atoms with van der Waals surface area (Å²) in [7, 11) is 0. The molecule has 34 heavy (non-hydrogen) atoms. The molecule has 0 aliphatic heterocycles. The molecule has 3 aromatic rings. The van der Waals surface area contributed by atoms with Crippen molar-refractivity contribution in [2.45, 2.75) is 58.3 Å².